The van der Waals surface area contributed by atoms with E-state index in [9.17, 15) is 0 Å². The molecule has 2 aromatic rings. The predicted octanol–water partition coefficient (Wildman–Crippen LogP) is 2.76. The normalized spacial score (nSPS) is 10.8. The van der Waals surface area contributed by atoms with Crippen molar-refractivity contribution in [2.75, 3.05) is 0 Å². The molecule has 0 aliphatic rings. The number of fused-ring (bicyclic) bond motifs is 1. The van der Waals surface area contributed by atoms with E-state index in [1.165, 1.54) is 22.2 Å². The lowest BCUT2D eigenvalue weighted by atomic mass is 10.1. The van der Waals surface area contributed by atoms with Crippen molar-refractivity contribution in [2.45, 2.75) is 27.3 Å². The number of aryl methyl sites for hydroxylation is 2. The second kappa shape index (κ2) is 3.41. The fourth-order valence-electron chi connectivity index (χ4n) is 1.99. The van der Waals surface area contributed by atoms with Gasteiger partial charge in [0.15, 0.2) is 5.69 Å². The van der Waals surface area contributed by atoms with Gasteiger partial charge in [-0.1, -0.05) is 12.1 Å². The summed E-state index contributed by atoms with van der Waals surface area (Å²) < 4.78 is 2.37. The summed E-state index contributed by atoms with van der Waals surface area (Å²) in [4.78, 5) is 0. The van der Waals surface area contributed by atoms with Gasteiger partial charge in [0.05, 0.1) is 0 Å². The van der Waals surface area contributed by atoms with E-state index in [0.717, 1.165) is 6.54 Å². The molecule has 2 rings (SSSR count). The number of hydrogen-bond acceptors (Lipinski definition) is 0. The summed E-state index contributed by atoms with van der Waals surface area (Å²) in [5.74, 6) is 0. The van der Waals surface area contributed by atoms with Gasteiger partial charge in [0.2, 0.25) is 5.52 Å². The maximum atomic E-state index is 2.37. The van der Waals surface area contributed by atoms with E-state index < -0.39 is 0 Å². The topological polar surface area (TPSA) is 3.88 Å². The maximum absolute atomic E-state index is 2.37. The van der Waals surface area contributed by atoms with Crippen molar-refractivity contribution in [2.24, 2.45) is 0 Å². The Bertz CT molecular complexity index is 472. The number of nitrogens with zero attached hydrogens (tertiary/aromatic N) is 1. The van der Waals surface area contributed by atoms with Crippen molar-refractivity contribution < 1.29 is 4.57 Å². The first kappa shape index (κ1) is 9.20. The standard InChI is InChI=1S/C13H16N/c1-4-14-11(3)10(2)9-12-7-5-6-8-13(12)14/h5-9H,4H2,1-3H3/q+1. The molecule has 0 fully saturated rings. The molecule has 1 heteroatoms. The summed E-state index contributed by atoms with van der Waals surface area (Å²) >= 11 is 0. The van der Waals surface area contributed by atoms with E-state index in [-0.39, 0.29) is 0 Å². The Labute approximate surface area is 85.0 Å². The average Bonchev–Trinajstić information content (AvgIpc) is 2.20. The van der Waals surface area contributed by atoms with E-state index in [1.54, 1.807) is 0 Å². The zero-order chi connectivity index (χ0) is 10.1. The molecule has 0 saturated carbocycles. The van der Waals surface area contributed by atoms with Crippen molar-refractivity contribution in [1.29, 1.82) is 0 Å². The number of aromatic nitrogens is 1. The van der Waals surface area contributed by atoms with E-state index in [0.29, 0.717) is 0 Å². The van der Waals surface area contributed by atoms with Gasteiger partial charge in [-0.15, -0.1) is 0 Å². The molecule has 14 heavy (non-hydrogen) atoms. The van der Waals surface area contributed by atoms with Crippen molar-refractivity contribution in [3.8, 4) is 0 Å². The molecule has 0 atom stereocenters. The van der Waals surface area contributed by atoms with Gasteiger partial charge >= 0.3 is 0 Å². The van der Waals surface area contributed by atoms with Crippen molar-refractivity contribution in [3.05, 3.63) is 41.6 Å². The quantitative estimate of drug-likeness (QED) is 0.603. The first-order valence-corrected chi connectivity index (χ1v) is 5.13. The Balaban J connectivity index is 2.89. The molecule has 0 bridgehead atoms. The third-order valence-electron chi connectivity index (χ3n) is 2.89. The molecule has 1 aromatic heterocycles. The van der Waals surface area contributed by atoms with E-state index >= 15 is 0 Å². The van der Waals surface area contributed by atoms with Crippen LogP contribution >= 0.6 is 0 Å². The summed E-state index contributed by atoms with van der Waals surface area (Å²) in [5, 5.41) is 1.33. The van der Waals surface area contributed by atoms with Crippen LogP contribution in [0.15, 0.2) is 30.3 Å². The zero-order valence-corrected chi connectivity index (χ0v) is 9.04. The largest absolute Gasteiger partial charge is 0.212 e. The molecule has 1 nitrogen and oxygen atoms in total. The van der Waals surface area contributed by atoms with E-state index in [4.69, 9.17) is 0 Å². The Hall–Kier alpha value is -1.37. The number of hydrogen-bond donors (Lipinski definition) is 0. The summed E-state index contributed by atoms with van der Waals surface area (Å²) in [5.41, 5.74) is 4.06. The van der Waals surface area contributed by atoms with Crippen LogP contribution in [0.4, 0.5) is 0 Å². The van der Waals surface area contributed by atoms with Crippen LogP contribution in [0, 0.1) is 13.8 Å². The van der Waals surface area contributed by atoms with Crippen LogP contribution in [0.3, 0.4) is 0 Å². The summed E-state index contributed by atoms with van der Waals surface area (Å²) in [6.45, 7) is 7.59. The fourth-order valence-corrected chi connectivity index (χ4v) is 1.99. The van der Waals surface area contributed by atoms with Crippen LogP contribution in [0.1, 0.15) is 18.2 Å². The molecular formula is C13H16N+. The molecule has 0 radical (unpaired) electrons. The van der Waals surface area contributed by atoms with Gasteiger partial charge in [0.1, 0.15) is 6.54 Å². The molecule has 0 unspecified atom stereocenters. The minimum absolute atomic E-state index is 1.04. The Morgan fingerprint density at radius 3 is 2.57 bits per heavy atom. The van der Waals surface area contributed by atoms with Gasteiger partial charge in [-0.2, -0.15) is 4.57 Å². The lowest BCUT2D eigenvalue weighted by Gasteiger charge is -2.04. The molecule has 72 valence electrons. The second-order valence-corrected chi connectivity index (χ2v) is 3.72. The average molecular weight is 186 g/mol. The van der Waals surface area contributed by atoms with Gasteiger partial charge in [-0.25, -0.2) is 0 Å². The highest BCUT2D eigenvalue weighted by molar-refractivity contribution is 5.76. The molecule has 1 heterocycles. The molecule has 1 aromatic carbocycles. The molecule has 0 aliphatic heterocycles. The Kier molecular flexibility index (Phi) is 2.24. The van der Waals surface area contributed by atoms with Gasteiger partial charge < -0.3 is 0 Å². The number of rotatable bonds is 1. The summed E-state index contributed by atoms with van der Waals surface area (Å²) in [7, 11) is 0. The fraction of sp³-hybridized carbons (Fsp3) is 0.308. The van der Waals surface area contributed by atoms with Gasteiger partial charge in [0.25, 0.3) is 0 Å². The van der Waals surface area contributed by atoms with Crippen LogP contribution in [-0.4, -0.2) is 0 Å². The predicted molar refractivity (Wildman–Crippen MR) is 59.3 cm³/mol. The Morgan fingerprint density at radius 2 is 1.86 bits per heavy atom. The SMILES string of the molecule is CC[n+]1c(C)c(C)cc2ccccc21. The molecule has 0 amide bonds. The van der Waals surface area contributed by atoms with Crippen LogP contribution in [0.25, 0.3) is 10.9 Å². The number of benzene rings is 1. The minimum atomic E-state index is 1.04. The molecular weight excluding hydrogens is 170 g/mol. The van der Waals surface area contributed by atoms with Gasteiger partial charge in [-0.3, -0.25) is 0 Å². The highest BCUT2D eigenvalue weighted by atomic mass is 15.0. The molecule has 0 aliphatic carbocycles. The van der Waals surface area contributed by atoms with Gasteiger partial charge in [-0.05, 0) is 26.0 Å². The highest BCUT2D eigenvalue weighted by Crippen LogP contribution is 2.13. The van der Waals surface area contributed by atoms with Crippen molar-refractivity contribution in [3.63, 3.8) is 0 Å². The van der Waals surface area contributed by atoms with Crippen LogP contribution < -0.4 is 4.57 Å². The third kappa shape index (κ3) is 1.29. The lowest BCUT2D eigenvalue weighted by Crippen LogP contribution is -2.37. The van der Waals surface area contributed by atoms with Crippen LogP contribution in [0.2, 0.25) is 0 Å². The number of para-hydroxylation sites is 1. The smallest absolute Gasteiger partial charge is 0.196 e. The van der Waals surface area contributed by atoms with Crippen LogP contribution in [0.5, 0.6) is 0 Å². The van der Waals surface area contributed by atoms with E-state index in [1.807, 2.05) is 0 Å². The summed E-state index contributed by atoms with van der Waals surface area (Å²) in [6, 6.07) is 10.8. The van der Waals surface area contributed by atoms with Crippen molar-refractivity contribution in [1.82, 2.24) is 0 Å². The molecule has 0 saturated heterocycles. The van der Waals surface area contributed by atoms with E-state index in [2.05, 4.69) is 55.7 Å². The van der Waals surface area contributed by atoms with Crippen molar-refractivity contribution >= 4 is 10.9 Å². The first-order chi connectivity index (χ1) is 6.74. The molecule has 0 N–H and O–H groups in total. The monoisotopic (exact) mass is 186 g/mol. The minimum Gasteiger partial charge on any atom is -0.196 e. The number of pyridine rings is 1. The van der Waals surface area contributed by atoms with Gasteiger partial charge in [0, 0.05) is 23.9 Å². The zero-order valence-electron chi connectivity index (χ0n) is 9.04. The maximum Gasteiger partial charge on any atom is 0.212 e. The lowest BCUT2D eigenvalue weighted by molar-refractivity contribution is -0.674. The van der Waals surface area contributed by atoms with Crippen LogP contribution in [-0.2, 0) is 6.54 Å². The summed E-state index contributed by atoms with van der Waals surface area (Å²) in [6.07, 6.45) is 0. The first-order valence-electron chi connectivity index (χ1n) is 5.13. The second-order valence-electron chi connectivity index (χ2n) is 3.72. The molecule has 0 spiro atoms. The highest BCUT2D eigenvalue weighted by Gasteiger charge is 2.12. The Morgan fingerprint density at radius 1 is 1.14 bits per heavy atom. The third-order valence-corrected chi connectivity index (χ3v) is 2.89.